The summed E-state index contributed by atoms with van der Waals surface area (Å²) >= 11 is 0. The van der Waals surface area contributed by atoms with Crippen molar-refractivity contribution in [2.75, 3.05) is 18.5 Å². The molecule has 0 N–H and O–H groups in total. The van der Waals surface area contributed by atoms with E-state index < -0.39 is 4.92 Å². The molecule has 0 atom stereocenters. The maximum atomic E-state index is 12.7. The van der Waals surface area contributed by atoms with Crippen molar-refractivity contribution in [1.29, 1.82) is 5.26 Å². The smallest absolute Gasteiger partial charge is 0.269 e. The number of nitro groups is 1. The molecule has 2 aromatic carbocycles. The Labute approximate surface area is 158 Å². The van der Waals surface area contributed by atoms with Gasteiger partial charge in [0.25, 0.3) is 5.69 Å². The molecule has 0 fully saturated rings. The predicted molar refractivity (Wildman–Crippen MR) is 103 cm³/mol. The topological polar surface area (TPSA) is 90.5 Å². The van der Waals surface area contributed by atoms with Gasteiger partial charge in [-0.3, -0.25) is 19.8 Å². The summed E-state index contributed by atoms with van der Waals surface area (Å²) in [4.78, 5) is 26.5. The van der Waals surface area contributed by atoms with Gasteiger partial charge in [-0.2, -0.15) is 5.26 Å². The minimum Gasteiger partial charge on any atom is -0.314 e. The van der Waals surface area contributed by atoms with Gasteiger partial charge in [0, 0.05) is 37.5 Å². The van der Waals surface area contributed by atoms with Gasteiger partial charge in [-0.25, -0.2) is 0 Å². The Bertz CT molecular complexity index is 839. The van der Waals surface area contributed by atoms with Gasteiger partial charge in [0.05, 0.1) is 23.1 Å². The lowest BCUT2D eigenvalue weighted by atomic mass is 10.1. The number of nitriles is 1. The van der Waals surface area contributed by atoms with E-state index in [0.29, 0.717) is 17.8 Å². The quantitative estimate of drug-likeness (QED) is 0.554. The minimum absolute atomic E-state index is 0.00998. The van der Waals surface area contributed by atoms with Gasteiger partial charge in [-0.15, -0.1) is 0 Å². The zero-order valence-corrected chi connectivity index (χ0v) is 15.6. The highest BCUT2D eigenvalue weighted by Gasteiger charge is 2.19. The van der Waals surface area contributed by atoms with Gasteiger partial charge >= 0.3 is 0 Å². The van der Waals surface area contributed by atoms with E-state index >= 15 is 0 Å². The van der Waals surface area contributed by atoms with Crippen molar-refractivity contribution in [3.63, 3.8) is 0 Å². The second kappa shape index (κ2) is 8.92. The number of benzene rings is 2. The molecule has 7 heteroatoms. The highest BCUT2D eigenvalue weighted by molar-refractivity contribution is 5.94. The number of nitrogens with zero attached hydrogens (tertiary/aromatic N) is 4. The molecule has 2 aromatic rings. The van der Waals surface area contributed by atoms with Crippen molar-refractivity contribution in [1.82, 2.24) is 4.90 Å². The van der Waals surface area contributed by atoms with Crippen molar-refractivity contribution >= 4 is 17.3 Å². The minimum atomic E-state index is -0.469. The lowest BCUT2D eigenvalue weighted by molar-refractivity contribution is -0.384. The Kier molecular flexibility index (Phi) is 6.63. The van der Waals surface area contributed by atoms with Crippen LogP contribution in [0, 0.1) is 21.4 Å². The monoisotopic (exact) mass is 366 g/mol. The first-order chi connectivity index (χ1) is 12.8. The molecule has 0 spiro atoms. The van der Waals surface area contributed by atoms with Crippen LogP contribution in [0.4, 0.5) is 11.4 Å². The molecular formula is C20H22N4O3. The third-order valence-corrected chi connectivity index (χ3v) is 4.36. The molecule has 0 aliphatic heterocycles. The number of nitro benzene ring substituents is 1. The highest BCUT2D eigenvalue weighted by Crippen LogP contribution is 2.19. The second-order valence-corrected chi connectivity index (χ2v) is 6.53. The number of amides is 1. The summed E-state index contributed by atoms with van der Waals surface area (Å²) in [6, 6.07) is 15.4. The average Bonchev–Trinajstić information content (AvgIpc) is 2.67. The molecule has 7 nitrogen and oxygen atoms in total. The molecule has 0 radical (unpaired) electrons. The van der Waals surface area contributed by atoms with E-state index in [1.165, 1.54) is 17.0 Å². The van der Waals surface area contributed by atoms with Gasteiger partial charge in [-0.1, -0.05) is 12.1 Å². The Hall–Kier alpha value is -3.24. The van der Waals surface area contributed by atoms with Crippen LogP contribution in [0.3, 0.4) is 0 Å². The summed E-state index contributed by atoms with van der Waals surface area (Å²) in [6.07, 6.45) is 0. The van der Waals surface area contributed by atoms with Crippen LogP contribution in [-0.2, 0) is 11.3 Å². The van der Waals surface area contributed by atoms with Crippen molar-refractivity contribution in [2.24, 2.45) is 0 Å². The fourth-order valence-electron chi connectivity index (χ4n) is 2.56. The van der Waals surface area contributed by atoms with Crippen LogP contribution in [0.1, 0.15) is 25.0 Å². The highest BCUT2D eigenvalue weighted by atomic mass is 16.6. The largest absolute Gasteiger partial charge is 0.314 e. The molecule has 140 valence electrons. The Morgan fingerprint density at radius 1 is 1.15 bits per heavy atom. The average molecular weight is 366 g/mol. The van der Waals surface area contributed by atoms with E-state index in [9.17, 15) is 14.9 Å². The number of hydrogen-bond donors (Lipinski definition) is 0. The Balaban J connectivity index is 2.06. The molecule has 0 saturated heterocycles. The van der Waals surface area contributed by atoms with Crippen LogP contribution in [0.2, 0.25) is 0 Å². The number of anilines is 1. The maximum absolute atomic E-state index is 12.7. The van der Waals surface area contributed by atoms with Crippen molar-refractivity contribution in [2.45, 2.75) is 26.4 Å². The molecule has 27 heavy (non-hydrogen) atoms. The third kappa shape index (κ3) is 5.36. The third-order valence-electron chi connectivity index (χ3n) is 4.36. The summed E-state index contributed by atoms with van der Waals surface area (Å²) in [7, 11) is 1.66. The fourth-order valence-corrected chi connectivity index (χ4v) is 2.56. The van der Waals surface area contributed by atoms with Crippen LogP contribution in [0.5, 0.6) is 0 Å². The molecule has 0 aliphatic carbocycles. The lowest BCUT2D eigenvalue weighted by Crippen LogP contribution is -2.41. The van der Waals surface area contributed by atoms with Crippen LogP contribution in [0.25, 0.3) is 0 Å². The van der Waals surface area contributed by atoms with E-state index in [1.54, 1.807) is 31.3 Å². The summed E-state index contributed by atoms with van der Waals surface area (Å²) < 4.78 is 0. The number of rotatable bonds is 7. The summed E-state index contributed by atoms with van der Waals surface area (Å²) in [5.41, 5.74) is 2.22. The van der Waals surface area contributed by atoms with Crippen LogP contribution >= 0.6 is 0 Å². The zero-order valence-electron chi connectivity index (χ0n) is 15.6. The van der Waals surface area contributed by atoms with Gasteiger partial charge in [0.2, 0.25) is 5.91 Å². The molecule has 0 aromatic heterocycles. The fraction of sp³-hybridized carbons (Fsp3) is 0.300. The molecule has 0 unspecified atom stereocenters. The van der Waals surface area contributed by atoms with E-state index in [1.807, 2.05) is 30.9 Å². The molecule has 1 amide bonds. The van der Waals surface area contributed by atoms with Gasteiger partial charge < -0.3 is 4.90 Å². The van der Waals surface area contributed by atoms with E-state index in [0.717, 1.165) is 5.56 Å². The van der Waals surface area contributed by atoms with E-state index in [-0.39, 0.29) is 24.2 Å². The first kappa shape index (κ1) is 20.1. The molecule has 2 rings (SSSR count). The van der Waals surface area contributed by atoms with Crippen LogP contribution < -0.4 is 4.90 Å². The lowest BCUT2D eigenvalue weighted by Gasteiger charge is -2.28. The Morgan fingerprint density at radius 3 is 2.22 bits per heavy atom. The second-order valence-electron chi connectivity index (χ2n) is 6.53. The number of carbonyl (C=O) groups excluding carboxylic acids is 1. The predicted octanol–water partition coefficient (Wildman–Crippen LogP) is 3.34. The van der Waals surface area contributed by atoms with Gasteiger partial charge in [0.15, 0.2) is 0 Å². The number of hydrogen-bond acceptors (Lipinski definition) is 5. The van der Waals surface area contributed by atoms with Crippen LogP contribution in [0.15, 0.2) is 48.5 Å². The van der Waals surface area contributed by atoms with Crippen molar-refractivity contribution < 1.29 is 9.72 Å². The summed E-state index contributed by atoms with van der Waals surface area (Å²) in [5.74, 6) is -0.105. The zero-order chi connectivity index (χ0) is 20.0. The summed E-state index contributed by atoms with van der Waals surface area (Å²) in [5, 5.41) is 19.6. The van der Waals surface area contributed by atoms with E-state index in [4.69, 9.17) is 5.26 Å². The van der Waals surface area contributed by atoms with Gasteiger partial charge in [0.1, 0.15) is 0 Å². The molecular weight excluding hydrogens is 344 g/mol. The molecule has 0 bridgehead atoms. The number of carbonyl (C=O) groups is 1. The summed E-state index contributed by atoms with van der Waals surface area (Å²) in [6.45, 7) is 4.83. The maximum Gasteiger partial charge on any atom is 0.269 e. The van der Waals surface area contributed by atoms with E-state index in [2.05, 4.69) is 6.07 Å². The molecule has 0 aliphatic rings. The first-order valence-corrected chi connectivity index (χ1v) is 8.56. The first-order valence-electron chi connectivity index (χ1n) is 8.56. The SMILES string of the molecule is CC(C)N(CC(=O)N(C)c1ccc([N+](=O)[O-])cc1)Cc1ccc(C#N)cc1. The van der Waals surface area contributed by atoms with Crippen molar-refractivity contribution in [3.05, 3.63) is 69.8 Å². The number of likely N-dealkylation sites (N-methyl/N-ethyl adjacent to an activating group) is 1. The molecule has 0 heterocycles. The van der Waals surface area contributed by atoms with Crippen molar-refractivity contribution in [3.8, 4) is 6.07 Å². The van der Waals surface area contributed by atoms with Gasteiger partial charge in [-0.05, 0) is 43.7 Å². The normalized spacial score (nSPS) is 10.7. The number of non-ortho nitro benzene ring substituents is 1. The Morgan fingerprint density at radius 2 is 1.74 bits per heavy atom. The standard InChI is InChI=1S/C20H22N4O3/c1-15(2)23(13-17-6-4-16(12-21)5-7-17)14-20(25)22(3)18-8-10-19(11-9-18)24(26)27/h4-11,15H,13-14H2,1-3H3. The molecule has 0 saturated carbocycles. The van der Waals surface area contributed by atoms with Crippen LogP contribution in [-0.4, -0.2) is 35.4 Å².